The number of guanidine groups is 1. The van der Waals surface area contributed by atoms with Crippen LogP contribution in [0.2, 0.25) is 0 Å². The number of hydrogen-bond acceptors (Lipinski definition) is 4. The van der Waals surface area contributed by atoms with Crippen LogP contribution in [0.4, 0.5) is 0 Å². The fraction of sp³-hybridized carbons (Fsp3) is 0.364. The summed E-state index contributed by atoms with van der Waals surface area (Å²) in [6.45, 7) is 3.36. The van der Waals surface area contributed by atoms with Crippen LogP contribution in [0.1, 0.15) is 24.5 Å². The van der Waals surface area contributed by atoms with E-state index in [1.165, 1.54) is 11.8 Å². The fourth-order valence-electron chi connectivity index (χ4n) is 3.17. The molecule has 0 saturated carbocycles. The van der Waals surface area contributed by atoms with Gasteiger partial charge in [0, 0.05) is 32.4 Å². The molecule has 0 aliphatic heterocycles. The number of halogens is 1. The molecule has 0 aliphatic carbocycles. The fourth-order valence-corrected chi connectivity index (χ4v) is 3.95. The molecule has 3 aromatic rings. The largest absolute Gasteiger partial charge is 0.354 e. The minimum Gasteiger partial charge on any atom is -0.354 e. The number of imidazole rings is 1. The van der Waals surface area contributed by atoms with Crippen LogP contribution in [0.25, 0.3) is 11.0 Å². The maximum atomic E-state index is 11.3. The molecule has 9 heteroatoms. The Kier molecular flexibility index (Phi) is 9.30. The van der Waals surface area contributed by atoms with Gasteiger partial charge in [0.1, 0.15) is 9.84 Å². The van der Waals surface area contributed by atoms with Gasteiger partial charge >= 0.3 is 0 Å². The SMILES string of the molecule is CN=C(NCc1ccc(Cn2cnc3ccccc32)cc1)NC(C)CCS(C)(=O)=O.I. The third kappa shape index (κ3) is 7.80. The zero-order valence-corrected chi connectivity index (χ0v) is 21.2. The maximum absolute atomic E-state index is 11.3. The monoisotopic (exact) mass is 555 g/mol. The van der Waals surface area contributed by atoms with E-state index in [4.69, 9.17) is 0 Å². The number of nitrogens with zero attached hydrogens (tertiary/aromatic N) is 3. The van der Waals surface area contributed by atoms with Crippen LogP contribution >= 0.6 is 24.0 Å². The molecular formula is C22H30IN5O2S. The Morgan fingerprint density at radius 3 is 2.48 bits per heavy atom. The normalized spacial score (nSPS) is 12.9. The molecule has 0 fully saturated rings. The molecule has 3 rings (SSSR count). The standard InChI is InChI=1S/C22H29N5O2S.HI/c1-17(12-13-30(3,28)29)26-22(23-2)24-14-18-8-10-19(11-9-18)15-27-16-25-20-6-4-5-7-21(20)27;/h4-11,16-17H,12-15H2,1-3H3,(H2,23,24,26);1H. The number of fused-ring (bicyclic) bond motifs is 1. The average molecular weight is 555 g/mol. The number of aliphatic imine (C=N–C) groups is 1. The van der Waals surface area contributed by atoms with E-state index in [1.54, 1.807) is 7.05 Å². The van der Waals surface area contributed by atoms with E-state index in [9.17, 15) is 8.42 Å². The van der Waals surface area contributed by atoms with Crippen LogP contribution in [-0.4, -0.2) is 49.0 Å². The highest BCUT2D eigenvalue weighted by molar-refractivity contribution is 14.0. The minimum absolute atomic E-state index is 0. The zero-order chi connectivity index (χ0) is 21.6. The molecular weight excluding hydrogens is 525 g/mol. The topological polar surface area (TPSA) is 88.4 Å². The summed E-state index contributed by atoms with van der Waals surface area (Å²) < 4.78 is 24.8. The Hall–Kier alpha value is -2.14. The summed E-state index contributed by atoms with van der Waals surface area (Å²) in [4.78, 5) is 8.66. The summed E-state index contributed by atoms with van der Waals surface area (Å²) in [6.07, 6.45) is 3.67. The van der Waals surface area contributed by atoms with Gasteiger partial charge in [-0.2, -0.15) is 0 Å². The van der Waals surface area contributed by atoms with E-state index in [1.807, 2.05) is 31.5 Å². The van der Waals surface area contributed by atoms with Crippen LogP contribution in [0.15, 0.2) is 59.9 Å². The molecule has 7 nitrogen and oxygen atoms in total. The average Bonchev–Trinajstić information content (AvgIpc) is 3.13. The smallest absolute Gasteiger partial charge is 0.191 e. The van der Waals surface area contributed by atoms with Crippen LogP contribution in [0.5, 0.6) is 0 Å². The molecule has 1 aromatic heterocycles. The van der Waals surface area contributed by atoms with Gasteiger partial charge in [-0.1, -0.05) is 36.4 Å². The van der Waals surface area contributed by atoms with Crippen molar-refractivity contribution >= 4 is 50.8 Å². The molecule has 168 valence electrons. The van der Waals surface area contributed by atoms with Gasteiger partial charge in [0.25, 0.3) is 0 Å². The maximum Gasteiger partial charge on any atom is 0.191 e. The predicted octanol–water partition coefficient (Wildman–Crippen LogP) is 3.19. The van der Waals surface area contributed by atoms with Crippen molar-refractivity contribution < 1.29 is 8.42 Å². The second-order valence-electron chi connectivity index (χ2n) is 7.57. The third-order valence-electron chi connectivity index (χ3n) is 4.89. The van der Waals surface area contributed by atoms with Crippen molar-refractivity contribution in [3.63, 3.8) is 0 Å². The van der Waals surface area contributed by atoms with Gasteiger partial charge in [0.2, 0.25) is 0 Å². The van der Waals surface area contributed by atoms with E-state index >= 15 is 0 Å². The first-order valence-corrected chi connectivity index (χ1v) is 12.0. The summed E-state index contributed by atoms with van der Waals surface area (Å²) in [5, 5.41) is 6.51. The summed E-state index contributed by atoms with van der Waals surface area (Å²) in [7, 11) is -1.25. The molecule has 1 atom stereocenters. The van der Waals surface area contributed by atoms with Crippen molar-refractivity contribution in [1.29, 1.82) is 0 Å². The molecule has 0 aliphatic rings. The van der Waals surface area contributed by atoms with Crippen molar-refractivity contribution in [2.75, 3.05) is 19.1 Å². The second-order valence-corrected chi connectivity index (χ2v) is 9.83. The number of para-hydroxylation sites is 2. The lowest BCUT2D eigenvalue weighted by molar-refractivity contribution is 0.581. The van der Waals surface area contributed by atoms with Gasteiger partial charge in [-0.15, -0.1) is 24.0 Å². The van der Waals surface area contributed by atoms with E-state index in [0.29, 0.717) is 18.9 Å². The Bertz CT molecular complexity index is 1110. The first-order valence-electron chi connectivity index (χ1n) is 9.96. The minimum atomic E-state index is -2.96. The number of benzene rings is 2. The van der Waals surface area contributed by atoms with Crippen molar-refractivity contribution in [2.24, 2.45) is 4.99 Å². The van der Waals surface area contributed by atoms with E-state index in [0.717, 1.165) is 23.1 Å². The Labute approximate surface area is 201 Å². The Morgan fingerprint density at radius 1 is 1.13 bits per heavy atom. The Morgan fingerprint density at radius 2 is 1.81 bits per heavy atom. The molecule has 2 aromatic carbocycles. The second kappa shape index (κ2) is 11.5. The Balaban J connectivity index is 0.00000341. The molecule has 0 amide bonds. The lowest BCUT2D eigenvalue weighted by Gasteiger charge is -2.17. The van der Waals surface area contributed by atoms with Crippen LogP contribution in [0, 0.1) is 0 Å². The summed E-state index contributed by atoms with van der Waals surface area (Å²) >= 11 is 0. The van der Waals surface area contributed by atoms with Gasteiger partial charge in [-0.05, 0) is 36.6 Å². The first-order chi connectivity index (χ1) is 14.3. The lowest BCUT2D eigenvalue weighted by atomic mass is 10.1. The number of aromatic nitrogens is 2. The zero-order valence-electron chi connectivity index (χ0n) is 18.1. The molecule has 0 spiro atoms. The van der Waals surface area contributed by atoms with E-state index in [2.05, 4.69) is 55.5 Å². The molecule has 2 N–H and O–H groups in total. The van der Waals surface area contributed by atoms with Crippen molar-refractivity contribution in [3.05, 3.63) is 66.0 Å². The van der Waals surface area contributed by atoms with Gasteiger partial charge in [0.05, 0.1) is 23.1 Å². The summed E-state index contributed by atoms with van der Waals surface area (Å²) in [6, 6.07) is 16.6. The number of nitrogens with one attached hydrogen (secondary N) is 2. The van der Waals surface area contributed by atoms with Crippen molar-refractivity contribution in [2.45, 2.75) is 32.5 Å². The lowest BCUT2D eigenvalue weighted by Crippen LogP contribution is -2.42. The molecule has 0 saturated heterocycles. The van der Waals surface area contributed by atoms with E-state index in [-0.39, 0.29) is 35.8 Å². The van der Waals surface area contributed by atoms with Crippen LogP contribution < -0.4 is 10.6 Å². The summed E-state index contributed by atoms with van der Waals surface area (Å²) in [5.41, 5.74) is 4.48. The number of rotatable bonds is 8. The van der Waals surface area contributed by atoms with Crippen LogP contribution in [-0.2, 0) is 22.9 Å². The van der Waals surface area contributed by atoms with Crippen molar-refractivity contribution in [3.8, 4) is 0 Å². The van der Waals surface area contributed by atoms with Gasteiger partial charge in [-0.25, -0.2) is 13.4 Å². The summed E-state index contributed by atoms with van der Waals surface area (Å²) in [5.74, 6) is 0.816. The highest BCUT2D eigenvalue weighted by atomic mass is 127. The molecule has 0 radical (unpaired) electrons. The van der Waals surface area contributed by atoms with E-state index < -0.39 is 9.84 Å². The first kappa shape index (κ1) is 25.1. The van der Waals surface area contributed by atoms with Gasteiger partial charge in [0.15, 0.2) is 5.96 Å². The van der Waals surface area contributed by atoms with Crippen LogP contribution in [0.3, 0.4) is 0 Å². The van der Waals surface area contributed by atoms with Gasteiger partial charge < -0.3 is 15.2 Å². The third-order valence-corrected chi connectivity index (χ3v) is 5.87. The predicted molar refractivity (Wildman–Crippen MR) is 138 cm³/mol. The molecule has 31 heavy (non-hydrogen) atoms. The quantitative estimate of drug-likeness (QED) is 0.253. The highest BCUT2D eigenvalue weighted by Crippen LogP contribution is 2.14. The van der Waals surface area contributed by atoms with Crippen molar-refractivity contribution in [1.82, 2.24) is 20.2 Å². The highest BCUT2D eigenvalue weighted by Gasteiger charge is 2.09. The molecule has 1 heterocycles. The molecule has 0 bridgehead atoms. The molecule has 1 unspecified atom stereocenters. The van der Waals surface area contributed by atoms with Gasteiger partial charge in [-0.3, -0.25) is 4.99 Å². The number of sulfone groups is 1. The number of hydrogen-bond donors (Lipinski definition) is 2.